The third-order valence-electron chi connectivity index (χ3n) is 6.48. The summed E-state index contributed by atoms with van der Waals surface area (Å²) in [6.07, 6.45) is 5.61. The van der Waals surface area contributed by atoms with Crippen molar-refractivity contribution < 1.29 is 9.18 Å². The van der Waals surface area contributed by atoms with Crippen molar-refractivity contribution in [2.75, 3.05) is 32.7 Å². The standard InChI is InChI=1S/C23H32FN5OS/c1-3-27-13-15-28(16-14-27)22(30)17(2)31-23-26-25-21(19-11-7-8-12-20(19)24)29(23)18-9-5-4-6-10-18/h7-8,11-12,17-18H,3-6,9-10,13-16H2,1-2H3/t17-/m1/s1. The Hall–Kier alpha value is -1.93. The molecule has 6 nitrogen and oxygen atoms in total. The quantitative estimate of drug-likeness (QED) is 0.623. The van der Waals surface area contributed by atoms with E-state index in [1.54, 1.807) is 12.1 Å². The molecule has 1 aromatic carbocycles. The zero-order chi connectivity index (χ0) is 21.8. The van der Waals surface area contributed by atoms with Gasteiger partial charge in [-0.2, -0.15) is 0 Å². The van der Waals surface area contributed by atoms with Gasteiger partial charge in [-0.05, 0) is 38.4 Å². The van der Waals surface area contributed by atoms with Crippen LogP contribution in [0.15, 0.2) is 29.4 Å². The summed E-state index contributed by atoms with van der Waals surface area (Å²) >= 11 is 1.46. The number of carbonyl (C=O) groups is 1. The van der Waals surface area contributed by atoms with Gasteiger partial charge < -0.3 is 9.80 Å². The predicted molar refractivity (Wildman–Crippen MR) is 122 cm³/mol. The Labute approximate surface area is 188 Å². The normalized spacial score (nSPS) is 19.5. The molecule has 1 amide bonds. The van der Waals surface area contributed by atoms with E-state index in [0.29, 0.717) is 11.4 Å². The molecule has 1 aromatic heterocycles. The Balaban J connectivity index is 1.56. The van der Waals surface area contributed by atoms with Crippen molar-refractivity contribution in [3.05, 3.63) is 30.1 Å². The third-order valence-corrected chi connectivity index (χ3v) is 7.52. The van der Waals surface area contributed by atoms with E-state index in [2.05, 4.69) is 26.6 Å². The Morgan fingerprint density at radius 3 is 2.52 bits per heavy atom. The van der Waals surface area contributed by atoms with E-state index in [1.165, 1.54) is 24.2 Å². The van der Waals surface area contributed by atoms with Gasteiger partial charge in [0.2, 0.25) is 5.91 Å². The van der Waals surface area contributed by atoms with Crippen molar-refractivity contribution in [3.63, 3.8) is 0 Å². The summed E-state index contributed by atoms with van der Waals surface area (Å²) in [7, 11) is 0. The first kappa shape index (κ1) is 22.3. The van der Waals surface area contributed by atoms with Crippen LogP contribution in [0.3, 0.4) is 0 Å². The van der Waals surface area contributed by atoms with Crippen molar-refractivity contribution in [1.82, 2.24) is 24.6 Å². The molecule has 0 bridgehead atoms. The number of halogens is 1. The zero-order valence-corrected chi connectivity index (χ0v) is 19.3. The maximum absolute atomic E-state index is 14.6. The van der Waals surface area contributed by atoms with Crippen LogP contribution in [0.4, 0.5) is 4.39 Å². The van der Waals surface area contributed by atoms with Gasteiger partial charge in [-0.3, -0.25) is 9.36 Å². The fourth-order valence-corrected chi connectivity index (χ4v) is 5.61. The summed E-state index contributed by atoms with van der Waals surface area (Å²) in [5, 5.41) is 9.29. The Bertz CT molecular complexity index is 890. The van der Waals surface area contributed by atoms with Crippen LogP contribution in [-0.2, 0) is 4.79 Å². The topological polar surface area (TPSA) is 54.3 Å². The maximum atomic E-state index is 14.6. The molecule has 0 radical (unpaired) electrons. The molecular weight excluding hydrogens is 413 g/mol. The number of nitrogens with zero attached hydrogens (tertiary/aromatic N) is 5. The number of amides is 1. The number of benzene rings is 1. The highest BCUT2D eigenvalue weighted by Crippen LogP contribution is 2.37. The van der Waals surface area contributed by atoms with Crippen LogP contribution in [0, 0.1) is 5.82 Å². The van der Waals surface area contributed by atoms with Crippen molar-refractivity contribution in [2.45, 2.75) is 62.4 Å². The number of rotatable bonds is 6. The second-order valence-corrected chi connectivity index (χ2v) is 9.78. The molecule has 1 atom stereocenters. The van der Waals surface area contributed by atoms with Gasteiger partial charge in [0, 0.05) is 32.2 Å². The molecule has 168 valence electrons. The van der Waals surface area contributed by atoms with Crippen molar-refractivity contribution in [1.29, 1.82) is 0 Å². The van der Waals surface area contributed by atoms with Crippen LogP contribution < -0.4 is 0 Å². The summed E-state index contributed by atoms with van der Waals surface area (Å²) < 4.78 is 16.7. The van der Waals surface area contributed by atoms with Crippen LogP contribution >= 0.6 is 11.8 Å². The lowest BCUT2D eigenvalue weighted by Crippen LogP contribution is -2.50. The molecule has 1 aliphatic heterocycles. The molecule has 0 spiro atoms. The molecule has 1 aliphatic carbocycles. The lowest BCUT2D eigenvalue weighted by molar-refractivity contribution is -0.132. The molecule has 4 rings (SSSR count). The highest BCUT2D eigenvalue weighted by molar-refractivity contribution is 8.00. The van der Waals surface area contributed by atoms with E-state index < -0.39 is 0 Å². The number of aromatic nitrogens is 3. The number of hydrogen-bond acceptors (Lipinski definition) is 5. The minimum absolute atomic E-state index is 0.145. The van der Waals surface area contributed by atoms with Crippen LogP contribution in [0.1, 0.15) is 52.0 Å². The van der Waals surface area contributed by atoms with Crippen molar-refractivity contribution >= 4 is 17.7 Å². The zero-order valence-electron chi connectivity index (χ0n) is 18.5. The van der Waals surface area contributed by atoms with Gasteiger partial charge in [-0.15, -0.1) is 10.2 Å². The summed E-state index contributed by atoms with van der Waals surface area (Å²) in [6.45, 7) is 8.52. The summed E-state index contributed by atoms with van der Waals surface area (Å²) in [6, 6.07) is 6.98. The van der Waals surface area contributed by atoms with Crippen molar-refractivity contribution in [3.8, 4) is 11.4 Å². The smallest absolute Gasteiger partial charge is 0.235 e. The Morgan fingerprint density at radius 1 is 1.13 bits per heavy atom. The van der Waals surface area contributed by atoms with Crippen LogP contribution in [0.25, 0.3) is 11.4 Å². The summed E-state index contributed by atoms with van der Waals surface area (Å²) in [5.74, 6) is 0.427. The van der Waals surface area contributed by atoms with Crippen LogP contribution in [-0.4, -0.2) is 68.4 Å². The average Bonchev–Trinajstić information content (AvgIpc) is 3.22. The van der Waals surface area contributed by atoms with Gasteiger partial charge in [0.15, 0.2) is 11.0 Å². The van der Waals surface area contributed by atoms with Gasteiger partial charge in [0.25, 0.3) is 0 Å². The van der Waals surface area contributed by atoms with Crippen molar-refractivity contribution in [2.24, 2.45) is 0 Å². The van der Waals surface area contributed by atoms with Gasteiger partial charge in [0.05, 0.1) is 10.8 Å². The SMILES string of the molecule is CCN1CCN(C(=O)[C@@H](C)Sc2nnc(-c3ccccc3F)n2C2CCCCC2)CC1. The van der Waals surface area contributed by atoms with Crippen LogP contribution in [0.2, 0.25) is 0 Å². The lowest BCUT2D eigenvalue weighted by atomic mass is 9.95. The Morgan fingerprint density at radius 2 is 1.84 bits per heavy atom. The molecule has 2 heterocycles. The van der Waals surface area contributed by atoms with E-state index in [0.717, 1.165) is 63.6 Å². The number of hydrogen-bond donors (Lipinski definition) is 0. The Kier molecular flexibility index (Phi) is 7.27. The van der Waals surface area contributed by atoms with E-state index in [-0.39, 0.29) is 23.0 Å². The van der Waals surface area contributed by atoms with Gasteiger partial charge in [-0.1, -0.05) is 50.1 Å². The fourth-order valence-electron chi connectivity index (χ4n) is 4.60. The second-order valence-electron chi connectivity index (χ2n) is 8.47. The molecule has 2 aliphatic rings. The van der Waals surface area contributed by atoms with E-state index >= 15 is 0 Å². The van der Waals surface area contributed by atoms with Gasteiger partial charge in [0.1, 0.15) is 5.82 Å². The third kappa shape index (κ3) is 4.95. The second kappa shape index (κ2) is 10.1. The minimum Gasteiger partial charge on any atom is -0.339 e. The first-order valence-corrected chi connectivity index (χ1v) is 12.3. The number of likely N-dealkylation sites (N-methyl/N-ethyl adjacent to an activating group) is 1. The van der Waals surface area contributed by atoms with E-state index in [9.17, 15) is 9.18 Å². The highest BCUT2D eigenvalue weighted by Gasteiger charge is 2.30. The fraction of sp³-hybridized carbons (Fsp3) is 0.609. The first-order valence-electron chi connectivity index (χ1n) is 11.5. The number of thioether (sulfide) groups is 1. The minimum atomic E-state index is -0.290. The van der Waals surface area contributed by atoms with E-state index in [1.807, 2.05) is 17.9 Å². The molecular formula is C23H32FN5OS. The molecule has 0 N–H and O–H groups in total. The molecule has 2 aromatic rings. The molecule has 0 unspecified atom stereocenters. The number of piperazine rings is 1. The number of carbonyl (C=O) groups excluding carboxylic acids is 1. The maximum Gasteiger partial charge on any atom is 0.235 e. The molecule has 31 heavy (non-hydrogen) atoms. The van der Waals surface area contributed by atoms with E-state index in [4.69, 9.17) is 0 Å². The van der Waals surface area contributed by atoms with Gasteiger partial charge >= 0.3 is 0 Å². The summed E-state index contributed by atoms with van der Waals surface area (Å²) in [5.41, 5.74) is 0.474. The summed E-state index contributed by atoms with van der Waals surface area (Å²) in [4.78, 5) is 17.4. The lowest BCUT2D eigenvalue weighted by Gasteiger charge is -2.35. The molecule has 2 fully saturated rings. The monoisotopic (exact) mass is 445 g/mol. The first-order chi connectivity index (χ1) is 15.1. The molecule has 8 heteroatoms. The van der Waals surface area contributed by atoms with Crippen LogP contribution in [0.5, 0.6) is 0 Å². The average molecular weight is 446 g/mol. The molecule has 1 saturated heterocycles. The molecule has 1 saturated carbocycles. The van der Waals surface area contributed by atoms with Gasteiger partial charge in [-0.25, -0.2) is 4.39 Å². The largest absolute Gasteiger partial charge is 0.339 e. The predicted octanol–water partition coefficient (Wildman–Crippen LogP) is 4.23. The highest BCUT2D eigenvalue weighted by atomic mass is 32.2.